The van der Waals surface area contributed by atoms with E-state index in [1.165, 1.54) is 0 Å². The van der Waals surface area contributed by atoms with Crippen LogP contribution in [0.3, 0.4) is 0 Å². The quantitative estimate of drug-likeness (QED) is 0.465. The van der Waals surface area contributed by atoms with Crippen LogP contribution in [0, 0.1) is 0 Å². The van der Waals surface area contributed by atoms with E-state index in [-0.39, 0.29) is 18.2 Å². The number of carbonyl (C=O) groups is 1. The van der Waals surface area contributed by atoms with E-state index < -0.39 is 5.97 Å². The van der Waals surface area contributed by atoms with Gasteiger partial charge < -0.3 is 30.8 Å². The van der Waals surface area contributed by atoms with Crippen LogP contribution in [0.25, 0.3) is 0 Å². The van der Waals surface area contributed by atoms with Crippen LogP contribution < -0.4 is 25.7 Å². The van der Waals surface area contributed by atoms with E-state index in [4.69, 9.17) is 30.8 Å². The zero-order valence-electron chi connectivity index (χ0n) is 15.9. The topological polar surface area (TPSA) is 143 Å². The van der Waals surface area contributed by atoms with Crippen molar-refractivity contribution in [1.82, 2.24) is 9.97 Å². The number of ether oxygens (including phenoxy) is 3. The fraction of sp³-hybridized carbons (Fsp3) is 0.421. The van der Waals surface area contributed by atoms with Crippen molar-refractivity contribution >= 4 is 17.7 Å². The Kier molecular flexibility index (Phi) is 8.13. The lowest BCUT2D eigenvalue weighted by atomic mass is 10.3. The molecule has 2 aromatic rings. The number of nitrogens with two attached hydrogens (primary N) is 2. The minimum Gasteiger partial charge on any atom is -0.490 e. The molecule has 5 N–H and O–H groups in total. The fourth-order valence-corrected chi connectivity index (χ4v) is 2.44. The molecular formula is C19H26N4O5. The first-order chi connectivity index (χ1) is 13.5. The van der Waals surface area contributed by atoms with Crippen molar-refractivity contribution in [3.05, 3.63) is 30.0 Å². The maximum absolute atomic E-state index is 10.5. The first-order valence-corrected chi connectivity index (χ1v) is 9.12. The lowest BCUT2D eigenvalue weighted by Crippen LogP contribution is -2.11. The number of nitrogens with zero attached hydrogens (tertiary/aromatic N) is 2. The molecule has 0 atom stereocenters. The summed E-state index contributed by atoms with van der Waals surface area (Å²) in [5.41, 5.74) is 12.1. The molecule has 28 heavy (non-hydrogen) atoms. The second kappa shape index (κ2) is 10.8. The molecule has 152 valence electrons. The SMILES string of the molecule is CCc1nc(N)nc(N)c1OCCCOc1ccccc1OCCCC(=O)O. The summed E-state index contributed by atoms with van der Waals surface area (Å²) in [5.74, 6) is 1.15. The molecule has 0 aliphatic carbocycles. The summed E-state index contributed by atoms with van der Waals surface area (Å²) >= 11 is 0. The molecule has 9 nitrogen and oxygen atoms in total. The van der Waals surface area contributed by atoms with Crippen LogP contribution in [0.5, 0.6) is 17.2 Å². The van der Waals surface area contributed by atoms with Crippen LogP contribution in [-0.4, -0.2) is 40.9 Å². The van der Waals surface area contributed by atoms with E-state index in [2.05, 4.69) is 9.97 Å². The van der Waals surface area contributed by atoms with Gasteiger partial charge in [-0.1, -0.05) is 19.1 Å². The average Bonchev–Trinajstić information content (AvgIpc) is 2.66. The highest BCUT2D eigenvalue weighted by atomic mass is 16.5. The zero-order chi connectivity index (χ0) is 20.4. The Bertz CT molecular complexity index is 785. The molecule has 0 saturated heterocycles. The summed E-state index contributed by atoms with van der Waals surface area (Å²) in [7, 11) is 0. The number of rotatable bonds is 12. The van der Waals surface area contributed by atoms with Crippen molar-refractivity contribution < 1.29 is 24.1 Å². The van der Waals surface area contributed by atoms with Crippen LogP contribution in [-0.2, 0) is 11.2 Å². The summed E-state index contributed by atoms with van der Waals surface area (Å²) < 4.78 is 17.1. The first kappa shape index (κ1) is 21.1. The first-order valence-electron chi connectivity index (χ1n) is 9.12. The summed E-state index contributed by atoms with van der Waals surface area (Å²) in [5, 5.41) is 8.66. The molecule has 0 saturated carbocycles. The number of nitrogen functional groups attached to an aromatic ring is 2. The van der Waals surface area contributed by atoms with Crippen LogP contribution in [0.15, 0.2) is 24.3 Å². The van der Waals surface area contributed by atoms with Crippen molar-refractivity contribution in [2.75, 3.05) is 31.3 Å². The molecule has 2 rings (SSSR count). The normalized spacial score (nSPS) is 10.5. The monoisotopic (exact) mass is 390 g/mol. The lowest BCUT2D eigenvalue weighted by molar-refractivity contribution is -0.137. The third kappa shape index (κ3) is 6.49. The van der Waals surface area contributed by atoms with Gasteiger partial charge in [0.05, 0.1) is 25.5 Å². The van der Waals surface area contributed by atoms with Gasteiger partial charge in [0.1, 0.15) is 0 Å². The molecule has 9 heteroatoms. The van der Waals surface area contributed by atoms with Gasteiger partial charge in [-0.25, -0.2) is 4.98 Å². The molecular weight excluding hydrogens is 364 g/mol. The second-order valence-electron chi connectivity index (χ2n) is 5.94. The van der Waals surface area contributed by atoms with Gasteiger partial charge in [-0.2, -0.15) is 4.98 Å². The highest BCUT2D eigenvalue weighted by Gasteiger charge is 2.11. The molecule has 0 radical (unpaired) electrons. The van der Waals surface area contributed by atoms with E-state index in [1.54, 1.807) is 12.1 Å². The Hall–Kier alpha value is -3.23. The fourth-order valence-electron chi connectivity index (χ4n) is 2.44. The summed E-state index contributed by atoms with van der Waals surface area (Å²) in [4.78, 5) is 18.6. The number of para-hydroxylation sites is 2. The maximum Gasteiger partial charge on any atom is 0.303 e. The van der Waals surface area contributed by atoms with Crippen LogP contribution >= 0.6 is 0 Å². The Morgan fingerprint density at radius 2 is 1.61 bits per heavy atom. The van der Waals surface area contributed by atoms with Gasteiger partial charge in [0.15, 0.2) is 23.1 Å². The van der Waals surface area contributed by atoms with Gasteiger partial charge in [-0.15, -0.1) is 0 Å². The van der Waals surface area contributed by atoms with Crippen molar-refractivity contribution in [2.24, 2.45) is 0 Å². The molecule has 0 fully saturated rings. The number of benzene rings is 1. The van der Waals surface area contributed by atoms with Crippen LogP contribution in [0.4, 0.5) is 11.8 Å². The number of hydrogen-bond acceptors (Lipinski definition) is 8. The molecule has 0 spiro atoms. The largest absolute Gasteiger partial charge is 0.490 e. The third-order valence-corrected chi connectivity index (χ3v) is 3.75. The van der Waals surface area contributed by atoms with Gasteiger partial charge >= 0.3 is 5.97 Å². The number of hydrogen-bond donors (Lipinski definition) is 3. The van der Waals surface area contributed by atoms with E-state index in [0.717, 1.165) is 0 Å². The number of aromatic nitrogens is 2. The van der Waals surface area contributed by atoms with Crippen LogP contribution in [0.1, 0.15) is 31.9 Å². The molecule has 1 aromatic carbocycles. The van der Waals surface area contributed by atoms with Crippen LogP contribution in [0.2, 0.25) is 0 Å². The lowest BCUT2D eigenvalue weighted by Gasteiger charge is -2.14. The number of anilines is 2. The summed E-state index contributed by atoms with van der Waals surface area (Å²) in [6.45, 7) is 3.04. The van der Waals surface area contributed by atoms with E-state index in [1.807, 2.05) is 19.1 Å². The number of carboxylic acids is 1. The third-order valence-electron chi connectivity index (χ3n) is 3.75. The van der Waals surface area contributed by atoms with E-state index >= 15 is 0 Å². The van der Waals surface area contributed by atoms with Gasteiger partial charge in [0, 0.05) is 12.8 Å². The van der Waals surface area contributed by atoms with Crippen molar-refractivity contribution in [1.29, 1.82) is 0 Å². The standard InChI is InChI=1S/C19H26N4O5/c1-2-13-17(18(20)23-19(21)22-13)28-12-6-11-27-15-8-4-3-7-14(15)26-10-5-9-16(24)25/h3-4,7-8H,2,5-6,9-12H2,1H3,(H,24,25)(H4,20,21,22,23). The number of aryl methyl sites for hydroxylation is 1. The molecule has 0 aliphatic heterocycles. The van der Waals surface area contributed by atoms with Crippen molar-refractivity contribution in [2.45, 2.75) is 32.6 Å². The minimum absolute atomic E-state index is 0.0676. The highest BCUT2D eigenvalue weighted by molar-refractivity contribution is 5.66. The van der Waals surface area contributed by atoms with Crippen molar-refractivity contribution in [3.63, 3.8) is 0 Å². The molecule has 0 unspecified atom stereocenters. The average molecular weight is 390 g/mol. The molecule has 0 aliphatic rings. The Morgan fingerprint density at radius 3 is 2.21 bits per heavy atom. The van der Waals surface area contributed by atoms with Gasteiger partial charge in [-0.3, -0.25) is 4.79 Å². The maximum atomic E-state index is 10.5. The number of aliphatic carboxylic acids is 1. The van der Waals surface area contributed by atoms with E-state index in [9.17, 15) is 4.79 Å². The van der Waals surface area contributed by atoms with Gasteiger partial charge in [0.25, 0.3) is 0 Å². The summed E-state index contributed by atoms with van der Waals surface area (Å²) in [6, 6.07) is 7.26. The Morgan fingerprint density at radius 1 is 1.00 bits per heavy atom. The molecule has 0 amide bonds. The number of carboxylic acid groups (broad SMARTS) is 1. The second-order valence-corrected chi connectivity index (χ2v) is 5.94. The predicted molar refractivity (Wildman–Crippen MR) is 105 cm³/mol. The Labute approximate surface area is 163 Å². The zero-order valence-corrected chi connectivity index (χ0v) is 15.9. The molecule has 1 aromatic heterocycles. The highest BCUT2D eigenvalue weighted by Crippen LogP contribution is 2.27. The minimum atomic E-state index is -0.841. The van der Waals surface area contributed by atoms with Crippen molar-refractivity contribution in [3.8, 4) is 17.2 Å². The Balaban J connectivity index is 1.79. The molecule has 1 heterocycles. The molecule has 0 bridgehead atoms. The predicted octanol–water partition coefficient (Wildman–Crippen LogP) is 2.29. The smallest absolute Gasteiger partial charge is 0.303 e. The van der Waals surface area contributed by atoms with E-state index in [0.29, 0.717) is 62.0 Å². The van der Waals surface area contributed by atoms with Gasteiger partial charge in [-0.05, 0) is 25.0 Å². The summed E-state index contributed by atoms with van der Waals surface area (Å²) in [6.07, 6.45) is 1.75. The van der Waals surface area contributed by atoms with Gasteiger partial charge in [0.2, 0.25) is 5.95 Å².